The summed E-state index contributed by atoms with van der Waals surface area (Å²) in [4.78, 5) is 24.6. The third-order valence-corrected chi connectivity index (χ3v) is 5.56. The van der Waals surface area contributed by atoms with Crippen LogP contribution in [0.5, 0.6) is 5.75 Å². The van der Waals surface area contributed by atoms with Gasteiger partial charge in [-0.3, -0.25) is 4.79 Å². The van der Waals surface area contributed by atoms with Crippen molar-refractivity contribution >= 4 is 27.9 Å². The molecular formula is C24H20O5. The van der Waals surface area contributed by atoms with Gasteiger partial charge in [-0.2, -0.15) is 0 Å². The molecule has 29 heavy (non-hydrogen) atoms. The fraction of sp³-hybridized carbons (Fsp3) is 0.250. The summed E-state index contributed by atoms with van der Waals surface area (Å²) in [5.41, 5.74) is 1.32. The van der Waals surface area contributed by atoms with Gasteiger partial charge in [0.05, 0.1) is 5.92 Å². The summed E-state index contributed by atoms with van der Waals surface area (Å²) >= 11 is 0. The lowest BCUT2D eigenvalue weighted by molar-refractivity contribution is -0.139. The molecule has 0 spiro atoms. The van der Waals surface area contributed by atoms with E-state index >= 15 is 0 Å². The van der Waals surface area contributed by atoms with E-state index in [1.807, 2.05) is 30.3 Å². The van der Waals surface area contributed by atoms with Crippen LogP contribution in [0, 0.1) is 5.92 Å². The first-order valence-electron chi connectivity index (χ1n) is 9.96. The summed E-state index contributed by atoms with van der Waals surface area (Å²) in [7, 11) is 0. The number of ether oxygens (including phenoxy) is 1. The number of hydrogen-bond acceptors (Lipinski definition) is 5. The van der Waals surface area contributed by atoms with Crippen LogP contribution in [0.25, 0.3) is 33.3 Å². The zero-order valence-electron chi connectivity index (χ0n) is 15.9. The highest BCUT2D eigenvalue weighted by molar-refractivity contribution is 5.95. The van der Waals surface area contributed by atoms with E-state index in [9.17, 15) is 9.59 Å². The van der Waals surface area contributed by atoms with Crippen LogP contribution < -0.4 is 10.4 Å². The molecule has 0 amide bonds. The SMILES string of the molecule is O=C(Oc1ccc2oc(=O)cc(-c3cc4ccccc4o3)c2c1)C1CCCCC1. The van der Waals surface area contributed by atoms with Gasteiger partial charge in [0.15, 0.2) is 0 Å². The Kier molecular flexibility index (Phi) is 4.43. The Morgan fingerprint density at radius 3 is 2.55 bits per heavy atom. The average molecular weight is 388 g/mol. The maximum Gasteiger partial charge on any atom is 0.336 e. The second kappa shape index (κ2) is 7.24. The number of benzene rings is 2. The Balaban J connectivity index is 1.55. The fourth-order valence-corrected chi connectivity index (χ4v) is 4.06. The van der Waals surface area contributed by atoms with Crippen LogP contribution in [0.1, 0.15) is 32.1 Å². The van der Waals surface area contributed by atoms with Crippen LogP contribution in [0.2, 0.25) is 0 Å². The van der Waals surface area contributed by atoms with Gasteiger partial charge in [-0.15, -0.1) is 0 Å². The second-order valence-corrected chi connectivity index (χ2v) is 7.54. The normalized spacial score (nSPS) is 15.0. The maximum absolute atomic E-state index is 12.5. The third-order valence-electron chi connectivity index (χ3n) is 5.56. The Morgan fingerprint density at radius 2 is 1.72 bits per heavy atom. The lowest BCUT2D eigenvalue weighted by Crippen LogP contribution is -2.22. The van der Waals surface area contributed by atoms with Gasteiger partial charge in [0.2, 0.25) is 0 Å². The molecule has 0 saturated heterocycles. The number of furan rings is 1. The molecule has 4 aromatic rings. The van der Waals surface area contributed by atoms with Gasteiger partial charge in [-0.05, 0) is 43.2 Å². The smallest absolute Gasteiger partial charge is 0.336 e. The molecule has 1 saturated carbocycles. The fourth-order valence-electron chi connectivity index (χ4n) is 4.06. The third kappa shape index (κ3) is 3.44. The molecule has 1 aliphatic carbocycles. The molecule has 0 N–H and O–H groups in total. The molecule has 1 fully saturated rings. The minimum atomic E-state index is -0.458. The van der Waals surface area contributed by atoms with Crippen LogP contribution in [0.4, 0.5) is 0 Å². The average Bonchev–Trinajstić information content (AvgIpc) is 3.18. The van der Waals surface area contributed by atoms with E-state index in [0.29, 0.717) is 28.0 Å². The summed E-state index contributed by atoms with van der Waals surface area (Å²) in [5, 5.41) is 1.61. The Bertz CT molecular complexity index is 1220. The minimum absolute atomic E-state index is 0.0389. The number of carbonyl (C=O) groups excluding carboxylic acids is 1. The zero-order chi connectivity index (χ0) is 19.8. The first-order valence-corrected chi connectivity index (χ1v) is 9.96. The monoisotopic (exact) mass is 388 g/mol. The molecule has 0 aliphatic heterocycles. The molecular weight excluding hydrogens is 368 g/mol. The van der Waals surface area contributed by atoms with E-state index in [1.165, 1.54) is 12.5 Å². The lowest BCUT2D eigenvalue weighted by Gasteiger charge is -2.19. The van der Waals surface area contributed by atoms with Gasteiger partial charge < -0.3 is 13.6 Å². The number of hydrogen-bond donors (Lipinski definition) is 0. The number of rotatable bonds is 3. The van der Waals surface area contributed by atoms with Crippen molar-refractivity contribution in [3.8, 4) is 17.1 Å². The largest absolute Gasteiger partial charge is 0.456 e. The molecule has 0 atom stereocenters. The lowest BCUT2D eigenvalue weighted by atomic mass is 9.89. The molecule has 146 valence electrons. The van der Waals surface area contributed by atoms with Crippen molar-refractivity contribution < 1.29 is 18.4 Å². The highest BCUT2D eigenvalue weighted by atomic mass is 16.5. The van der Waals surface area contributed by atoms with E-state index in [-0.39, 0.29) is 11.9 Å². The van der Waals surface area contributed by atoms with Crippen molar-refractivity contribution in [1.82, 2.24) is 0 Å². The highest BCUT2D eigenvalue weighted by Gasteiger charge is 2.23. The summed E-state index contributed by atoms with van der Waals surface area (Å²) in [6.45, 7) is 0. The summed E-state index contributed by atoms with van der Waals surface area (Å²) in [5.74, 6) is 0.786. The van der Waals surface area contributed by atoms with Crippen molar-refractivity contribution in [2.24, 2.45) is 5.92 Å². The van der Waals surface area contributed by atoms with Crippen molar-refractivity contribution in [3.63, 3.8) is 0 Å². The Labute approximate surface area is 166 Å². The number of esters is 1. The van der Waals surface area contributed by atoms with Gasteiger partial charge in [-0.1, -0.05) is 37.5 Å². The molecule has 5 heteroatoms. The van der Waals surface area contributed by atoms with Crippen LogP contribution in [0.3, 0.4) is 0 Å². The molecule has 2 heterocycles. The molecule has 0 unspecified atom stereocenters. The first kappa shape index (κ1) is 17.7. The summed E-state index contributed by atoms with van der Waals surface area (Å²) in [6, 6.07) is 16.0. The summed E-state index contributed by atoms with van der Waals surface area (Å²) < 4.78 is 16.9. The van der Waals surface area contributed by atoms with Gasteiger partial charge in [0.25, 0.3) is 0 Å². The van der Waals surface area contributed by atoms with E-state index in [4.69, 9.17) is 13.6 Å². The van der Waals surface area contributed by atoms with Crippen molar-refractivity contribution in [3.05, 3.63) is 65.0 Å². The second-order valence-electron chi connectivity index (χ2n) is 7.54. The Hall–Kier alpha value is -3.34. The quantitative estimate of drug-likeness (QED) is 0.256. The van der Waals surface area contributed by atoms with Gasteiger partial charge in [0.1, 0.15) is 22.7 Å². The maximum atomic E-state index is 12.5. The first-order chi connectivity index (χ1) is 14.2. The predicted molar refractivity (Wildman–Crippen MR) is 110 cm³/mol. The molecule has 2 aromatic carbocycles. The Morgan fingerprint density at radius 1 is 0.897 bits per heavy atom. The highest BCUT2D eigenvalue weighted by Crippen LogP contribution is 2.34. The number of carbonyl (C=O) groups is 1. The van der Waals surface area contributed by atoms with Crippen LogP contribution >= 0.6 is 0 Å². The zero-order valence-corrected chi connectivity index (χ0v) is 15.9. The topological polar surface area (TPSA) is 69.7 Å². The van der Waals surface area contributed by atoms with Crippen molar-refractivity contribution in [2.75, 3.05) is 0 Å². The molecule has 0 bridgehead atoms. The molecule has 2 aromatic heterocycles. The molecule has 5 rings (SSSR count). The van der Waals surface area contributed by atoms with Crippen molar-refractivity contribution in [1.29, 1.82) is 0 Å². The van der Waals surface area contributed by atoms with Gasteiger partial charge in [0, 0.05) is 22.4 Å². The van der Waals surface area contributed by atoms with E-state index in [0.717, 1.165) is 36.7 Å². The standard InChI is InChI=1S/C24H20O5/c25-23-14-19(22-12-16-8-4-5-9-20(16)28-22)18-13-17(10-11-21(18)29-23)27-24(26)15-6-2-1-3-7-15/h4-5,8-15H,1-3,6-7H2. The van der Waals surface area contributed by atoms with Gasteiger partial charge >= 0.3 is 11.6 Å². The molecule has 5 nitrogen and oxygen atoms in total. The van der Waals surface area contributed by atoms with E-state index < -0.39 is 5.63 Å². The predicted octanol–water partition coefficient (Wildman–Crippen LogP) is 5.69. The molecule has 0 radical (unpaired) electrons. The van der Waals surface area contributed by atoms with E-state index in [1.54, 1.807) is 18.2 Å². The van der Waals surface area contributed by atoms with E-state index in [2.05, 4.69) is 0 Å². The molecule has 1 aliphatic rings. The minimum Gasteiger partial charge on any atom is -0.456 e. The number of para-hydroxylation sites is 1. The summed E-state index contributed by atoms with van der Waals surface area (Å²) in [6.07, 6.45) is 5.08. The van der Waals surface area contributed by atoms with Gasteiger partial charge in [-0.25, -0.2) is 4.79 Å². The van der Waals surface area contributed by atoms with Crippen LogP contribution in [-0.2, 0) is 4.79 Å². The van der Waals surface area contributed by atoms with Crippen LogP contribution in [-0.4, -0.2) is 5.97 Å². The number of fused-ring (bicyclic) bond motifs is 2. The van der Waals surface area contributed by atoms with Crippen LogP contribution in [0.15, 0.2) is 68.2 Å². The van der Waals surface area contributed by atoms with Crippen molar-refractivity contribution in [2.45, 2.75) is 32.1 Å².